The molecule has 3 nitrogen and oxygen atoms in total. The molecule has 86 valence electrons. The second-order valence-corrected chi connectivity index (χ2v) is 3.46. The van der Waals surface area contributed by atoms with Crippen LogP contribution in [-0.4, -0.2) is 39.0 Å². The molecule has 0 heterocycles. The predicted octanol–water partition coefficient (Wildman–Crippen LogP) is 1.82. The van der Waals surface area contributed by atoms with Gasteiger partial charge in [0.25, 0.3) is 0 Å². The van der Waals surface area contributed by atoms with Crippen LogP contribution in [0.2, 0.25) is 0 Å². The molecule has 1 N–H and O–H groups in total. The third-order valence-corrected chi connectivity index (χ3v) is 2.33. The zero-order valence-electron chi connectivity index (χ0n) is 10.0. The smallest absolute Gasteiger partial charge is 0.0699 e. The molecule has 0 aromatic carbocycles. The molecule has 0 spiro atoms. The van der Waals surface area contributed by atoms with Gasteiger partial charge in [-0.25, -0.2) is 0 Å². The molecule has 2 unspecified atom stereocenters. The van der Waals surface area contributed by atoms with Crippen molar-refractivity contribution in [2.75, 3.05) is 26.9 Å². The lowest BCUT2D eigenvalue weighted by atomic mass is 10.1. The highest BCUT2D eigenvalue weighted by atomic mass is 16.5. The molecule has 0 radical (unpaired) electrons. The number of likely N-dealkylation sites (N-methyl/N-ethyl adjacent to an activating group) is 1. The minimum Gasteiger partial charge on any atom is -0.385 e. The normalized spacial score (nSPS) is 15.4. The number of hydrogen-bond donors (Lipinski definition) is 1. The van der Waals surface area contributed by atoms with Crippen LogP contribution in [0.4, 0.5) is 0 Å². The highest BCUT2D eigenvalue weighted by Crippen LogP contribution is 2.06. The van der Waals surface area contributed by atoms with Crippen LogP contribution < -0.4 is 5.32 Å². The molecule has 0 aliphatic carbocycles. The van der Waals surface area contributed by atoms with E-state index in [4.69, 9.17) is 9.47 Å². The van der Waals surface area contributed by atoms with Crippen molar-refractivity contribution in [1.29, 1.82) is 0 Å². The van der Waals surface area contributed by atoms with E-state index in [0.717, 1.165) is 32.6 Å². The van der Waals surface area contributed by atoms with Crippen LogP contribution in [0.3, 0.4) is 0 Å². The van der Waals surface area contributed by atoms with Crippen LogP contribution in [-0.2, 0) is 9.47 Å². The van der Waals surface area contributed by atoms with Crippen molar-refractivity contribution >= 4 is 0 Å². The molecule has 0 rings (SSSR count). The third-order valence-electron chi connectivity index (χ3n) is 2.33. The Morgan fingerprint density at radius 3 is 2.50 bits per heavy atom. The fourth-order valence-corrected chi connectivity index (χ4v) is 1.59. The molecule has 0 saturated carbocycles. The lowest BCUT2D eigenvalue weighted by Crippen LogP contribution is -2.39. The van der Waals surface area contributed by atoms with E-state index in [1.165, 1.54) is 0 Å². The molecule has 0 fully saturated rings. The Labute approximate surface area is 88.2 Å². The molecule has 0 bridgehead atoms. The monoisotopic (exact) mass is 203 g/mol. The minimum absolute atomic E-state index is 0.289. The zero-order chi connectivity index (χ0) is 10.8. The van der Waals surface area contributed by atoms with Crippen molar-refractivity contribution in [3.8, 4) is 0 Å². The van der Waals surface area contributed by atoms with Crippen molar-refractivity contribution in [3.05, 3.63) is 0 Å². The number of nitrogens with one attached hydrogen (secondary N) is 1. The van der Waals surface area contributed by atoms with E-state index < -0.39 is 0 Å². The molecular formula is C11H25NO2. The van der Waals surface area contributed by atoms with E-state index in [1.807, 2.05) is 6.92 Å². The van der Waals surface area contributed by atoms with Gasteiger partial charge in [0.15, 0.2) is 0 Å². The summed E-state index contributed by atoms with van der Waals surface area (Å²) < 4.78 is 10.6. The van der Waals surface area contributed by atoms with Gasteiger partial charge in [-0.15, -0.1) is 0 Å². The summed E-state index contributed by atoms with van der Waals surface area (Å²) >= 11 is 0. The Kier molecular flexibility index (Phi) is 9.35. The fraction of sp³-hybridized carbons (Fsp3) is 1.00. The minimum atomic E-state index is 0.289. The van der Waals surface area contributed by atoms with Gasteiger partial charge in [0.05, 0.1) is 6.10 Å². The van der Waals surface area contributed by atoms with E-state index in [1.54, 1.807) is 7.11 Å². The zero-order valence-corrected chi connectivity index (χ0v) is 10.0. The highest BCUT2D eigenvalue weighted by molar-refractivity contribution is 4.73. The van der Waals surface area contributed by atoms with Crippen LogP contribution in [0.1, 0.15) is 33.6 Å². The number of methoxy groups -OCH3 is 1. The van der Waals surface area contributed by atoms with Crippen LogP contribution in [0.25, 0.3) is 0 Å². The first-order valence-corrected chi connectivity index (χ1v) is 5.60. The van der Waals surface area contributed by atoms with Gasteiger partial charge in [0, 0.05) is 26.4 Å². The molecule has 0 aromatic rings. The van der Waals surface area contributed by atoms with Gasteiger partial charge < -0.3 is 14.8 Å². The van der Waals surface area contributed by atoms with Crippen LogP contribution in [0.5, 0.6) is 0 Å². The standard InChI is InChI=1S/C11H25NO2/c1-5-12-11(8-7-9-13-4)10(3)14-6-2/h10-12H,5-9H2,1-4H3. The molecule has 0 aromatic heterocycles. The van der Waals surface area contributed by atoms with Crippen LogP contribution in [0, 0.1) is 0 Å². The summed E-state index contributed by atoms with van der Waals surface area (Å²) in [5, 5.41) is 3.45. The summed E-state index contributed by atoms with van der Waals surface area (Å²) in [6.07, 6.45) is 2.49. The van der Waals surface area contributed by atoms with Crippen molar-refractivity contribution in [1.82, 2.24) is 5.32 Å². The first-order chi connectivity index (χ1) is 6.76. The van der Waals surface area contributed by atoms with E-state index in [2.05, 4.69) is 19.2 Å². The highest BCUT2D eigenvalue weighted by Gasteiger charge is 2.15. The maximum Gasteiger partial charge on any atom is 0.0699 e. The van der Waals surface area contributed by atoms with Gasteiger partial charge in [-0.3, -0.25) is 0 Å². The maximum absolute atomic E-state index is 5.58. The van der Waals surface area contributed by atoms with Crippen molar-refractivity contribution in [2.45, 2.75) is 45.8 Å². The number of ether oxygens (including phenoxy) is 2. The molecular weight excluding hydrogens is 178 g/mol. The van der Waals surface area contributed by atoms with Crippen molar-refractivity contribution < 1.29 is 9.47 Å². The topological polar surface area (TPSA) is 30.5 Å². The van der Waals surface area contributed by atoms with Gasteiger partial charge in [0.1, 0.15) is 0 Å². The number of rotatable bonds is 9. The fourth-order valence-electron chi connectivity index (χ4n) is 1.59. The molecule has 0 aliphatic heterocycles. The van der Waals surface area contributed by atoms with Gasteiger partial charge in [0.2, 0.25) is 0 Å². The Bertz CT molecular complexity index is 120. The van der Waals surface area contributed by atoms with E-state index in [9.17, 15) is 0 Å². The Morgan fingerprint density at radius 2 is 2.00 bits per heavy atom. The Balaban J connectivity index is 3.74. The summed E-state index contributed by atoms with van der Waals surface area (Å²) in [5.74, 6) is 0. The maximum atomic E-state index is 5.58. The van der Waals surface area contributed by atoms with E-state index in [0.29, 0.717) is 6.04 Å². The lowest BCUT2D eigenvalue weighted by Gasteiger charge is -2.24. The summed E-state index contributed by atoms with van der Waals surface area (Å²) in [6.45, 7) is 8.91. The van der Waals surface area contributed by atoms with Gasteiger partial charge >= 0.3 is 0 Å². The molecule has 0 amide bonds. The van der Waals surface area contributed by atoms with E-state index in [-0.39, 0.29) is 6.10 Å². The summed E-state index contributed by atoms with van der Waals surface area (Å²) in [7, 11) is 1.74. The predicted molar refractivity (Wildman–Crippen MR) is 59.7 cm³/mol. The van der Waals surface area contributed by atoms with Gasteiger partial charge in [-0.05, 0) is 33.2 Å². The van der Waals surface area contributed by atoms with Crippen molar-refractivity contribution in [2.24, 2.45) is 0 Å². The average molecular weight is 203 g/mol. The number of hydrogen-bond acceptors (Lipinski definition) is 3. The Morgan fingerprint density at radius 1 is 1.29 bits per heavy atom. The lowest BCUT2D eigenvalue weighted by molar-refractivity contribution is 0.0429. The van der Waals surface area contributed by atoms with Gasteiger partial charge in [-0.1, -0.05) is 6.92 Å². The molecule has 0 saturated heterocycles. The average Bonchev–Trinajstić information content (AvgIpc) is 2.17. The van der Waals surface area contributed by atoms with Crippen LogP contribution in [0.15, 0.2) is 0 Å². The van der Waals surface area contributed by atoms with Crippen LogP contribution >= 0.6 is 0 Å². The second-order valence-electron chi connectivity index (χ2n) is 3.46. The largest absolute Gasteiger partial charge is 0.385 e. The molecule has 0 aliphatic rings. The second kappa shape index (κ2) is 9.44. The SMILES string of the molecule is CCNC(CCCOC)C(C)OCC. The van der Waals surface area contributed by atoms with Crippen molar-refractivity contribution in [3.63, 3.8) is 0 Å². The first-order valence-electron chi connectivity index (χ1n) is 5.60. The summed E-state index contributed by atoms with van der Waals surface area (Å²) in [6, 6.07) is 0.454. The molecule has 3 heteroatoms. The summed E-state index contributed by atoms with van der Waals surface area (Å²) in [4.78, 5) is 0. The quantitative estimate of drug-likeness (QED) is 0.580. The van der Waals surface area contributed by atoms with Gasteiger partial charge in [-0.2, -0.15) is 0 Å². The first kappa shape index (κ1) is 13.9. The third kappa shape index (κ3) is 6.35. The molecule has 14 heavy (non-hydrogen) atoms. The molecule has 2 atom stereocenters. The van der Waals surface area contributed by atoms with E-state index >= 15 is 0 Å². The summed E-state index contributed by atoms with van der Waals surface area (Å²) in [5.41, 5.74) is 0. The Hall–Kier alpha value is -0.120.